The van der Waals surface area contributed by atoms with E-state index in [4.69, 9.17) is 0 Å². The molecule has 1 heterocycles. The Bertz CT molecular complexity index is 829. The molecule has 3 rings (SSSR count). The maximum atomic E-state index is 11.8. The van der Waals surface area contributed by atoms with E-state index in [1.165, 1.54) is 6.08 Å². The van der Waals surface area contributed by atoms with Gasteiger partial charge in [-0.1, -0.05) is 53.6 Å². The number of anilines is 1. The Kier molecular flexibility index (Phi) is 5.50. The van der Waals surface area contributed by atoms with E-state index >= 15 is 0 Å². The lowest BCUT2D eigenvalue weighted by atomic mass is 10.2. The molecule has 0 aliphatic rings. The molecule has 0 saturated carbocycles. The van der Waals surface area contributed by atoms with E-state index in [1.807, 2.05) is 60.7 Å². The molecule has 3 aromatic rings. The van der Waals surface area contributed by atoms with Crippen molar-refractivity contribution in [3.05, 3.63) is 72.3 Å². The van der Waals surface area contributed by atoms with Crippen LogP contribution >= 0.6 is 0 Å². The number of nitrogens with zero attached hydrogens (tertiary/aromatic N) is 4. The number of nitrogens with one attached hydrogen (secondary N) is 2. The van der Waals surface area contributed by atoms with Crippen molar-refractivity contribution < 1.29 is 4.79 Å². The number of para-hydroxylation sites is 1. The van der Waals surface area contributed by atoms with E-state index in [0.29, 0.717) is 19.0 Å². The third kappa shape index (κ3) is 4.74. The Morgan fingerprint density at radius 1 is 1.00 bits per heavy atom. The van der Waals surface area contributed by atoms with Crippen molar-refractivity contribution in [2.45, 2.75) is 0 Å². The molecule has 126 valence electrons. The lowest BCUT2D eigenvalue weighted by molar-refractivity contribution is -0.116. The second kappa shape index (κ2) is 8.39. The molecule has 0 unspecified atom stereocenters. The maximum Gasteiger partial charge on any atom is 0.247 e. The number of hydrogen-bond donors (Lipinski definition) is 2. The van der Waals surface area contributed by atoms with Gasteiger partial charge in [-0.05, 0) is 34.2 Å². The van der Waals surface area contributed by atoms with Crippen molar-refractivity contribution in [3.8, 4) is 5.69 Å². The first-order valence-electron chi connectivity index (χ1n) is 7.91. The van der Waals surface area contributed by atoms with Crippen molar-refractivity contribution >= 4 is 17.9 Å². The molecule has 0 bridgehead atoms. The van der Waals surface area contributed by atoms with Gasteiger partial charge in [0, 0.05) is 19.2 Å². The average molecular weight is 334 g/mol. The highest BCUT2D eigenvalue weighted by Gasteiger charge is 2.06. The molecule has 0 radical (unpaired) electrons. The molecule has 0 spiro atoms. The molecular formula is C18H18N6O. The largest absolute Gasteiger partial charge is 0.351 e. The van der Waals surface area contributed by atoms with Crippen LogP contribution in [-0.4, -0.2) is 39.2 Å². The Labute approximate surface area is 145 Å². The summed E-state index contributed by atoms with van der Waals surface area (Å²) in [4.78, 5) is 11.8. The van der Waals surface area contributed by atoms with Gasteiger partial charge in [0.25, 0.3) is 0 Å². The maximum absolute atomic E-state index is 11.8. The predicted molar refractivity (Wildman–Crippen MR) is 96.1 cm³/mol. The quantitative estimate of drug-likeness (QED) is 0.509. The van der Waals surface area contributed by atoms with Gasteiger partial charge >= 0.3 is 0 Å². The summed E-state index contributed by atoms with van der Waals surface area (Å²) in [6.07, 6.45) is 3.29. The van der Waals surface area contributed by atoms with Gasteiger partial charge in [0.2, 0.25) is 11.9 Å². The summed E-state index contributed by atoms with van der Waals surface area (Å²) in [5.41, 5.74) is 1.85. The number of rotatable bonds is 7. The lowest BCUT2D eigenvalue weighted by Gasteiger charge is -2.07. The first kappa shape index (κ1) is 16.4. The first-order valence-corrected chi connectivity index (χ1v) is 7.91. The molecule has 0 saturated heterocycles. The number of carbonyl (C=O) groups is 1. The molecule has 2 N–H and O–H groups in total. The average Bonchev–Trinajstić information content (AvgIpc) is 3.14. The smallest absolute Gasteiger partial charge is 0.247 e. The molecular weight excluding hydrogens is 316 g/mol. The Morgan fingerprint density at radius 3 is 2.48 bits per heavy atom. The molecule has 1 aromatic heterocycles. The number of amides is 1. The van der Waals surface area contributed by atoms with E-state index in [-0.39, 0.29) is 5.91 Å². The van der Waals surface area contributed by atoms with Crippen LogP contribution in [0.15, 0.2) is 66.7 Å². The molecule has 0 fully saturated rings. The molecule has 25 heavy (non-hydrogen) atoms. The van der Waals surface area contributed by atoms with Crippen LogP contribution in [0.1, 0.15) is 5.56 Å². The van der Waals surface area contributed by atoms with Crippen LogP contribution in [0, 0.1) is 0 Å². The summed E-state index contributed by atoms with van der Waals surface area (Å²) >= 11 is 0. The summed E-state index contributed by atoms with van der Waals surface area (Å²) in [5, 5.41) is 17.5. The van der Waals surface area contributed by atoms with Crippen molar-refractivity contribution in [1.82, 2.24) is 25.5 Å². The monoisotopic (exact) mass is 334 g/mol. The van der Waals surface area contributed by atoms with Crippen molar-refractivity contribution in [2.24, 2.45) is 0 Å². The van der Waals surface area contributed by atoms with E-state index in [9.17, 15) is 4.79 Å². The van der Waals surface area contributed by atoms with Gasteiger partial charge in [0.05, 0.1) is 5.69 Å². The van der Waals surface area contributed by atoms with Gasteiger partial charge in [-0.3, -0.25) is 4.79 Å². The van der Waals surface area contributed by atoms with Crippen LogP contribution in [0.25, 0.3) is 11.8 Å². The van der Waals surface area contributed by atoms with Gasteiger partial charge in [0.1, 0.15) is 0 Å². The van der Waals surface area contributed by atoms with Gasteiger partial charge in [-0.15, -0.1) is 0 Å². The summed E-state index contributed by atoms with van der Waals surface area (Å²) in [6, 6.07) is 19.3. The van der Waals surface area contributed by atoms with E-state index in [0.717, 1.165) is 11.3 Å². The zero-order valence-corrected chi connectivity index (χ0v) is 13.5. The van der Waals surface area contributed by atoms with E-state index in [2.05, 4.69) is 26.2 Å². The highest BCUT2D eigenvalue weighted by molar-refractivity contribution is 5.91. The lowest BCUT2D eigenvalue weighted by Crippen LogP contribution is -2.27. The van der Waals surface area contributed by atoms with Crippen LogP contribution < -0.4 is 10.6 Å². The number of aromatic nitrogens is 4. The Balaban J connectivity index is 1.46. The van der Waals surface area contributed by atoms with Gasteiger partial charge in [-0.2, -0.15) is 4.68 Å². The van der Waals surface area contributed by atoms with Crippen molar-refractivity contribution in [3.63, 3.8) is 0 Å². The molecule has 0 aliphatic carbocycles. The minimum Gasteiger partial charge on any atom is -0.351 e. The van der Waals surface area contributed by atoms with Crippen LogP contribution in [-0.2, 0) is 4.79 Å². The fourth-order valence-corrected chi connectivity index (χ4v) is 2.20. The highest BCUT2D eigenvalue weighted by Crippen LogP contribution is 2.09. The second-order valence-electron chi connectivity index (χ2n) is 5.21. The molecule has 2 aromatic carbocycles. The second-order valence-corrected chi connectivity index (χ2v) is 5.21. The van der Waals surface area contributed by atoms with Gasteiger partial charge in [-0.25, -0.2) is 0 Å². The van der Waals surface area contributed by atoms with Crippen LogP contribution in [0.2, 0.25) is 0 Å². The minimum absolute atomic E-state index is 0.145. The van der Waals surface area contributed by atoms with E-state index < -0.39 is 0 Å². The van der Waals surface area contributed by atoms with Crippen LogP contribution in [0.3, 0.4) is 0 Å². The molecule has 7 nitrogen and oxygen atoms in total. The number of hydrogen-bond acceptors (Lipinski definition) is 5. The SMILES string of the molecule is O=C(C=Cc1ccccc1)NCCNc1nnnn1-c1ccccc1. The Hall–Kier alpha value is -3.48. The number of carbonyl (C=O) groups excluding carboxylic acids is 1. The molecule has 0 atom stereocenters. The topological polar surface area (TPSA) is 84.7 Å². The third-order valence-corrected chi connectivity index (χ3v) is 3.40. The number of tetrazole rings is 1. The molecule has 0 aliphatic heterocycles. The van der Waals surface area contributed by atoms with Gasteiger partial charge in [0.15, 0.2) is 0 Å². The summed E-state index contributed by atoms with van der Waals surface area (Å²) in [6.45, 7) is 0.970. The zero-order valence-electron chi connectivity index (χ0n) is 13.5. The minimum atomic E-state index is -0.145. The van der Waals surface area contributed by atoms with Crippen LogP contribution in [0.4, 0.5) is 5.95 Å². The van der Waals surface area contributed by atoms with Gasteiger partial charge < -0.3 is 10.6 Å². The fraction of sp³-hybridized carbons (Fsp3) is 0.111. The first-order chi connectivity index (χ1) is 12.3. The van der Waals surface area contributed by atoms with Crippen molar-refractivity contribution in [2.75, 3.05) is 18.4 Å². The van der Waals surface area contributed by atoms with Crippen molar-refractivity contribution in [1.29, 1.82) is 0 Å². The van der Waals surface area contributed by atoms with Crippen LogP contribution in [0.5, 0.6) is 0 Å². The highest BCUT2D eigenvalue weighted by atomic mass is 16.1. The normalized spacial score (nSPS) is 10.7. The molecule has 7 heteroatoms. The molecule has 1 amide bonds. The predicted octanol–water partition coefficient (Wildman–Crippen LogP) is 1.90. The zero-order chi connectivity index (χ0) is 17.3. The fourth-order valence-electron chi connectivity index (χ4n) is 2.20. The summed E-state index contributed by atoms with van der Waals surface area (Å²) < 4.78 is 1.61. The third-order valence-electron chi connectivity index (χ3n) is 3.40. The Morgan fingerprint density at radius 2 is 1.72 bits per heavy atom. The van der Waals surface area contributed by atoms with E-state index in [1.54, 1.807) is 10.8 Å². The number of benzene rings is 2. The summed E-state index contributed by atoms with van der Waals surface area (Å²) in [5.74, 6) is 0.383. The standard InChI is InChI=1S/C18H18N6O/c25-17(12-11-15-7-3-1-4-8-15)19-13-14-20-18-21-22-23-24(18)16-9-5-2-6-10-16/h1-12H,13-14H2,(H,19,25)(H,20,21,23). The summed E-state index contributed by atoms with van der Waals surface area (Å²) in [7, 11) is 0.